The Morgan fingerprint density at radius 2 is 0.687 bits per heavy atom. The monoisotopic (exact) mass is 1340 g/mol. The number of anilines is 12. The van der Waals surface area contributed by atoms with Crippen molar-refractivity contribution < 1.29 is 0 Å². The number of hydrogen-bond donors (Lipinski definition) is 0. The van der Waals surface area contributed by atoms with Crippen molar-refractivity contribution in [1.29, 1.82) is 0 Å². The molecular formula is C90H59B2N5SSe. The molecule has 20 rings (SSSR count). The van der Waals surface area contributed by atoms with Gasteiger partial charge in [0.25, 0.3) is 0 Å². The van der Waals surface area contributed by atoms with Gasteiger partial charge in [-0.2, -0.15) is 0 Å². The Morgan fingerprint density at radius 3 is 1.15 bits per heavy atom. The molecule has 4 aliphatic rings. The summed E-state index contributed by atoms with van der Waals surface area (Å²) in [7, 11) is 0. The van der Waals surface area contributed by atoms with E-state index in [0.717, 1.165) is 45.5 Å². The van der Waals surface area contributed by atoms with Gasteiger partial charge >= 0.3 is 592 Å². The van der Waals surface area contributed by atoms with Crippen molar-refractivity contribution in [2.24, 2.45) is 0 Å². The van der Waals surface area contributed by atoms with Gasteiger partial charge in [-0.15, -0.1) is 0 Å². The molecule has 0 bridgehead atoms. The average molecular weight is 1340 g/mol. The standard InChI is InChI=1S/C90H59B2N5SSe/c1-9-29-60(30-10-1)62-49-51-72-73-52-50-63(61-31-11-2-12-32-61)54-81(73)97(80(72)53-62)88-89-76(91-74-45-25-27-47-78(74)95(68-41-21-7-22-42-68)82-55-70(57-84(98-89)86(82)91)93(64-33-13-3-14-34-64)65-35-15-4-16-36-65)59-77-90(88)99-85-58-71(94(66-37-17-5-18-38-66)67-39-19-6-20-40-67)56-83-87(85)92(77)75-46-26-28-48-79(75)96(83)69-43-23-8-24-44-69/h1-59H. The zero-order valence-electron chi connectivity index (χ0n) is 53.8. The van der Waals surface area contributed by atoms with Crippen molar-refractivity contribution in [1.82, 2.24) is 4.57 Å². The first-order chi connectivity index (χ1) is 49.1. The Kier molecular flexibility index (Phi) is 13.7. The molecule has 462 valence electrons. The molecule has 0 unspecified atom stereocenters. The van der Waals surface area contributed by atoms with Gasteiger partial charge in [-0.05, 0) is 0 Å². The summed E-state index contributed by atoms with van der Waals surface area (Å²) < 4.78 is 5.51. The van der Waals surface area contributed by atoms with Crippen LogP contribution in [0.2, 0.25) is 0 Å². The third-order valence-corrected chi connectivity index (χ3v) is 24.1. The first-order valence-electron chi connectivity index (χ1n) is 34.0. The van der Waals surface area contributed by atoms with Gasteiger partial charge < -0.3 is 0 Å². The van der Waals surface area contributed by atoms with Gasteiger partial charge in [-0.25, -0.2) is 0 Å². The van der Waals surface area contributed by atoms with Gasteiger partial charge in [-0.1, -0.05) is 0 Å². The van der Waals surface area contributed by atoms with Crippen LogP contribution in [0.4, 0.5) is 68.2 Å². The van der Waals surface area contributed by atoms with Crippen molar-refractivity contribution in [3.63, 3.8) is 0 Å². The number of aromatic nitrogens is 1. The number of rotatable bonds is 11. The van der Waals surface area contributed by atoms with Crippen LogP contribution in [0, 0.1) is 0 Å². The minimum atomic E-state index is -0.291. The van der Waals surface area contributed by atoms with Crippen molar-refractivity contribution >= 4 is 172 Å². The van der Waals surface area contributed by atoms with Gasteiger partial charge in [0, 0.05) is 0 Å². The Balaban J connectivity index is 0.941. The molecule has 16 aromatic rings. The van der Waals surface area contributed by atoms with Crippen molar-refractivity contribution in [2.75, 3.05) is 19.6 Å². The van der Waals surface area contributed by atoms with Crippen LogP contribution in [0.15, 0.2) is 368 Å². The summed E-state index contributed by atoms with van der Waals surface area (Å²) in [5.74, 6) is 0. The Morgan fingerprint density at radius 1 is 0.293 bits per heavy atom. The van der Waals surface area contributed by atoms with E-state index >= 15 is 0 Å². The van der Waals surface area contributed by atoms with Crippen LogP contribution in [-0.2, 0) is 0 Å². The summed E-state index contributed by atoms with van der Waals surface area (Å²) >= 11 is 1.68. The predicted molar refractivity (Wildman–Crippen MR) is 422 cm³/mol. The summed E-state index contributed by atoms with van der Waals surface area (Å²) in [5, 5.41) is 2.45. The molecular weight excluding hydrogens is 1280 g/mol. The third-order valence-electron chi connectivity index (χ3n) is 20.4. The van der Waals surface area contributed by atoms with E-state index in [4.69, 9.17) is 0 Å². The Bertz CT molecular complexity index is 5400. The number of hydrogen-bond acceptors (Lipinski definition) is 5. The molecule has 0 radical (unpaired) electrons. The van der Waals surface area contributed by atoms with Crippen molar-refractivity contribution in [2.45, 2.75) is 9.79 Å². The van der Waals surface area contributed by atoms with Gasteiger partial charge in [-0.3, -0.25) is 0 Å². The molecule has 0 fully saturated rings. The van der Waals surface area contributed by atoms with Crippen LogP contribution in [0.25, 0.3) is 49.7 Å². The van der Waals surface area contributed by atoms with Crippen LogP contribution in [0.5, 0.6) is 0 Å². The fourth-order valence-electron chi connectivity index (χ4n) is 16.2. The second kappa shape index (κ2) is 23.5. The molecule has 15 aromatic carbocycles. The fraction of sp³-hybridized carbons (Fsp3) is 0. The normalized spacial score (nSPS) is 12.9. The molecule has 0 aliphatic carbocycles. The first-order valence-corrected chi connectivity index (χ1v) is 36.5. The van der Waals surface area contributed by atoms with Crippen LogP contribution in [0.1, 0.15) is 0 Å². The molecule has 5 heterocycles. The molecule has 0 atom stereocenters. The van der Waals surface area contributed by atoms with E-state index in [1.54, 1.807) is 0 Å². The summed E-state index contributed by atoms with van der Waals surface area (Å²) in [6, 6.07) is 134. The summed E-state index contributed by atoms with van der Waals surface area (Å²) in [6.45, 7) is -0.293. The van der Waals surface area contributed by atoms with E-state index in [-0.39, 0.29) is 28.4 Å². The SMILES string of the molecule is c1ccc(-c2ccc3c4ccc(-c5ccccc5)cc4n(-c4c5c(cc6c4[Se]c4cc(N(c7ccccc7)c7ccccc7)cc7c4B6c4ccccc4N7c4ccccc4)B4c6ccccc6N(c6ccccc6)c6cc(N(c7ccccc7)c7ccccc7)cc(c64)S5)c3c2)cc1. The second-order valence-corrected chi connectivity index (χ2v) is 29.1. The van der Waals surface area contributed by atoms with E-state index in [9.17, 15) is 0 Å². The molecule has 5 nitrogen and oxygen atoms in total. The maximum atomic E-state index is 2.75. The molecule has 0 spiro atoms. The molecule has 1 aromatic heterocycles. The van der Waals surface area contributed by atoms with E-state index in [1.807, 2.05) is 11.8 Å². The van der Waals surface area contributed by atoms with Gasteiger partial charge in [0.15, 0.2) is 0 Å². The van der Waals surface area contributed by atoms with E-state index in [0.29, 0.717) is 0 Å². The quantitative estimate of drug-likeness (QED) is 0.120. The molecule has 0 saturated heterocycles. The first kappa shape index (κ1) is 57.5. The number of nitrogens with zero attached hydrogens (tertiary/aromatic N) is 5. The number of para-hydroxylation sites is 8. The molecule has 0 N–H and O–H groups in total. The number of fused-ring (bicyclic) bond motifs is 11. The van der Waals surface area contributed by atoms with E-state index in [1.165, 1.54) is 124 Å². The van der Waals surface area contributed by atoms with E-state index < -0.39 is 0 Å². The zero-order valence-corrected chi connectivity index (χ0v) is 56.3. The van der Waals surface area contributed by atoms with Gasteiger partial charge in [0.05, 0.1) is 0 Å². The van der Waals surface area contributed by atoms with Crippen LogP contribution >= 0.6 is 11.8 Å². The maximum absolute atomic E-state index is 2.75. The van der Waals surface area contributed by atoms with Crippen molar-refractivity contribution in [3.05, 3.63) is 358 Å². The molecule has 0 amide bonds. The van der Waals surface area contributed by atoms with Gasteiger partial charge in [0.1, 0.15) is 0 Å². The summed E-state index contributed by atoms with van der Waals surface area (Å²) in [6.07, 6.45) is 0. The Hall–Kier alpha value is -11.7. The molecule has 9 heteroatoms. The summed E-state index contributed by atoms with van der Waals surface area (Å²) in [5.41, 5.74) is 29.9. The fourth-order valence-corrected chi connectivity index (χ4v) is 20.4. The number of benzene rings is 15. The molecule has 0 saturated carbocycles. The van der Waals surface area contributed by atoms with Crippen LogP contribution in [-0.4, -0.2) is 32.9 Å². The second-order valence-electron chi connectivity index (χ2n) is 25.9. The molecule has 4 aliphatic heterocycles. The third kappa shape index (κ3) is 9.34. The average Bonchev–Trinajstić information content (AvgIpc) is 1.40. The van der Waals surface area contributed by atoms with Crippen LogP contribution < -0.4 is 61.3 Å². The van der Waals surface area contributed by atoms with Crippen LogP contribution in [0.3, 0.4) is 0 Å². The minimum absolute atomic E-state index is 0.136. The topological polar surface area (TPSA) is 17.9 Å². The van der Waals surface area contributed by atoms with Gasteiger partial charge in [0.2, 0.25) is 0 Å². The van der Waals surface area contributed by atoms with Crippen molar-refractivity contribution in [3.8, 4) is 27.9 Å². The molecule has 99 heavy (non-hydrogen) atoms. The predicted octanol–water partition coefficient (Wildman–Crippen LogP) is 18.1. The summed E-state index contributed by atoms with van der Waals surface area (Å²) in [4.78, 5) is 12.5. The zero-order chi connectivity index (χ0) is 65.1. The Labute approximate surface area is 587 Å². The van der Waals surface area contributed by atoms with E-state index in [2.05, 4.69) is 382 Å².